The van der Waals surface area contributed by atoms with Crippen molar-refractivity contribution in [2.45, 2.75) is 20.3 Å². The molecule has 148 valence electrons. The molecular formula is C21H25N3O2S2. The minimum atomic E-state index is 0.0467. The fourth-order valence-corrected chi connectivity index (χ4v) is 5.15. The molecule has 0 N–H and O–H groups in total. The van der Waals surface area contributed by atoms with Gasteiger partial charge in [0.15, 0.2) is 5.13 Å². The highest BCUT2D eigenvalue weighted by Gasteiger charge is 2.23. The monoisotopic (exact) mass is 415 g/mol. The van der Waals surface area contributed by atoms with Gasteiger partial charge in [0.25, 0.3) is 5.91 Å². The molecule has 0 bridgehead atoms. The zero-order chi connectivity index (χ0) is 19.5. The number of aryl methyl sites for hydroxylation is 2. The van der Waals surface area contributed by atoms with E-state index in [1.165, 1.54) is 22.5 Å². The third-order valence-electron chi connectivity index (χ3n) is 5.24. The summed E-state index contributed by atoms with van der Waals surface area (Å²) in [5.74, 6) is 0.0467. The highest BCUT2D eigenvalue weighted by molar-refractivity contribution is 7.22. The van der Waals surface area contributed by atoms with Crippen LogP contribution in [0.15, 0.2) is 29.6 Å². The number of thiophene rings is 1. The molecule has 4 rings (SSSR count). The number of aromatic nitrogens is 1. The zero-order valence-corrected chi connectivity index (χ0v) is 17.9. The van der Waals surface area contributed by atoms with E-state index in [-0.39, 0.29) is 5.91 Å². The number of morpholine rings is 1. The summed E-state index contributed by atoms with van der Waals surface area (Å²) in [6.45, 7) is 9.39. The Morgan fingerprint density at radius 1 is 1.25 bits per heavy atom. The van der Waals surface area contributed by atoms with Crippen LogP contribution >= 0.6 is 22.7 Å². The van der Waals surface area contributed by atoms with Crippen LogP contribution in [0.25, 0.3) is 10.2 Å². The van der Waals surface area contributed by atoms with Gasteiger partial charge in [-0.2, -0.15) is 0 Å². The van der Waals surface area contributed by atoms with Crippen molar-refractivity contribution in [3.63, 3.8) is 0 Å². The highest BCUT2D eigenvalue weighted by atomic mass is 32.1. The van der Waals surface area contributed by atoms with E-state index in [9.17, 15) is 4.79 Å². The number of rotatable bonds is 6. The molecule has 2 aromatic heterocycles. The summed E-state index contributed by atoms with van der Waals surface area (Å²) in [6.07, 6.45) is 0.922. The van der Waals surface area contributed by atoms with E-state index in [1.807, 2.05) is 22.4 Å². The molecule has 28 heavy (non-hydrogen) atoms. The molecule has 3 aromatic rings. The smallest absolute Gasteiger partial charge is 0.270 e. The fourth-order valence-electron chi connectivity index (χ4n) is 3.42. The average molecular weight is 416 g/mol. The number of amides is 1. The predicted molar refractivity (Wildman–Crippen MR) is 117 cm³/mol. The maximum Gasteiger partial charge on any atom is 0.270 e. The standard InChI is InChI=1S/C21H25N3O2S2/c1-15-6-7-17-19(16(15)2)22-21(28-17)24(20(25)18-5-3-14-27-18)9-4-8-23-10-12-26-13-11-23/h3,5-7,14H,4,8-13H2,1-2H3. The Balaban J connectivity index is 1.57. The average Bonchev–Trinajstić information content (AvgIpc) is 3.39. The van der Waals surface area contributed by atoms with E-state index in [0.29, 0.717) is 6.54 Å². The van der Waals surface area contributed by atoms with Crippen molar-refractivity contribution in [2.24, 2.45) is 0 Å². The van der Waals surface area contributed by atoms with Gasteiger partial charge in [0, 0.05) is 26.2 Å². The third-order valence-corrected chi connectivity index (χ3v) is 7.14. The molecule has 0 unspecified atom stereocenters. The first kappa shape index (κ1) is 19.5. The Hall–Kier alpha value is -1.80. The quantitative estimate of drug-likeness (QED) is 0.601. The second-order valence-corrected chi connectivity index (χ2v) is 9.05. The molecule has 0 radical (unpaired) electrons. The fraction of sp³-hybridized carbons (Fsp3) is 0.429. The van der Waals surface area contributed by atoms with Crippen LogP contribution in [0, 0.1) is 13.8 Å². The van der Waals surface area contributed by atoms with Crippen molar-refractivity contribution in [2.75, 3.05) is 44.3 Å². The SMILES string of the molecule is Cc1ccc2sc(N(CCCN3CCOCC3)C(=O)c3cccs3)nc2c1C. The van der Waals surface area contributed by atoms with Crippen LogP contribution in [0.4, 0.5) is 5.13 Å². The zero-order valence-electron chi connectivity index (χ0n) is 16.3. The molecular weight excluding hydrogens is 390 g/mol. The number of carbonyl (C=O) groups is 1. The number of fused-ring (bicyclic) bond motifs is 1. The van der Waals surface area contributed by atoms with Gasteiger partial charge in [0.2, 0.25) is 0 Å². The van der Waals surface area contributed by atoms with E-state index in [1.54, 1.807) is 11.3 Å². The topological polar surface area (TPSA) is 45.7 Å². The van der Waals surface area contributed by atoms with Gasteiger partial charge in [-0.1, -0.05) is 23.5 Å². The number of ether oxygens (including phenoxy) is 1. The van der Waals surface area contributed by atoms with Crippen LogP contribution < -0.4 is 4.90 Å². The van der Waals surface area contributed by atoms with Gasteiger partial charge in [-0.25, -0.2) is 4.98 Å². The lowest BCUT2D eigenvalue weighted by Crippen LogP contribution is -2.39. The number of nitrogens with zero attached hydrogens (tertiary/aromatic N) is 3. The summed E-state index contributed by atoms with van der Waals surface area (Å²) >= 11 is 3.09. The molecule has 3 heterocycles. The Morgan fingerprint density at radius 2 is 2.07 bits per heavy atom. The Morgan fingerprint density at radius 3 is 2.82 bits per heavy atom. The Kier molecular flexibility index (Phi) is 6.06. The van der Waals surface area contributed by atoms with Gasteiger partial charge in [-0.15, -0.1) is 11.3 Å². The van der Waals surface area contributed by atoms with Crippen molar-refractivity contribution in [1.29, 1.82) is 0 Å². The molecule has 0 spiro atoms. The van der Waals surface area contributed by atoms with Crippen LogP contribution in [-0.4, -0.2) is 55.2 Å². The maximum absolute atomic E-state index is 13.2. The molecule has 1 saturated heterocycles. The summed E-state index contributed by atoms with van der Waals surface area (Å²) < 4.78 is 6.56. The lowest BCUT2D eigenvalue weighted by Gasteiger charge is -2.27. The maximum atomic E-state index is 13.2. The van der Waals surface area contributed by atoms with Crippen molar-refractivity contribution in [3.05, 3.63) is 45.6 Å². The third kappa shape index (κ3) is 4.12. The molecule has 0 atom stereocenters. The number of carbonyl (C=O) groups excluding carboxylic acids is 1. The molecule has 5 nitrogen and oxygen atoms in total. The first-order valence-electron chi connectivity index (χ1n) is 9.65. The number of hydrogen-bond acceptors (Lipinski definition) is 6. The molecule has 0 aliphatic carbocycles. The Labute approximate surface area is 173 Å². The van der Waals surface area contributed by atoms with Gasteiger partial charge in [0.1, 0.15) is 0 Å². The molecule has 1 aliphatic rings. The first-order chi connectivity index (χ1) is 13.6. The number of anilines is 1. The van der Waals surface area contributed by atoms with Gasteiger partial charge < -0.3 is 4.74 Å². The van der Waals surface area contributed by atoms with Crippen LogP contribution in [-0.2, 0) is 4.74 Å². The molecule has 1 aliphatic heterocycles. The largest absolute Gasteiger partial charge is 0.379 e. The van der Waals surface area contributed by atoms with Crippen LogP contribution in [0.5, 0.6) is 0 Å². The van der Waals surface area contributed by atoms with Gasteiger partial charge >= 0.3 is 0 Å². The normalized spacial score (nSPS) is 15.2. The van der Waals surface area contributed by atoms with Crippen molar-refractivity contribution < 1.29 is 9.53 Å². The lowest BCUT2D eigenvalue weighted by molar-refractivity contribution is 0.0376. The first-order valence-corrected chi connectivity index (χ1v) is 11.4. The summed E-state index contributed by atoms with van der Waals surface area (Å²) in [5.41, 5.74) is 3.43. The van der Waals surface area contributed by atoms with Gasteiger partial charge in [-0.05, 0) is 48.9 Å². The van der Waals surface area contributed by atoms with E-state index in [2.05, 4.69) is 30.9 Å². The number of thiazole rings is 1. The molecule has 1 amide bonds. The second kappa shape index (κ2) is 8.69. The number of benzene rings is 1. The summed E-state index contributed by atoms with van der Waals surface area (Å²) in [4.78, 5) is 23.1. The van der Waals surface area contributed by atoms with Crippen LogP contribution in [0.3, 0.4) is 0 Å². The Bertz CT molecular complexity index is 946. The van der Waals surface area contributed by atoms with Crippen LogP contribution in [0.2, 0.25) is 0 Å². The highest BCUT2D eigenvalue weighted by Crippen LogP contribution is 2.33. The van der Waals surface area contributed by atoms with E-state index in [4.69, 9.17) is 9.72 Å². The van der Waals surface area contributed by atoms with Gasteiger partial charge in [-0.3, -0.25) is 14.6 Å². The summed E-state index contributed by atoms with van der Waals surface area (Å²) in [5, 5.41) is 2.74. The molecule has 7 heteroatoms. The molecule has 0 saturated carbocycles. The lowest BCUT2D eigenvalue weighted by atomic mass is 10.1. The minimum Gasteiger partial charge on any atom is -0.379 e. The summed E-state index contributed by atoms with van der Waals surface area (Å²) in [6, 6.07) is 8.06. The van der Waals surface area contributed by atoms with Crippen molar-refractivity contribution in [1.82, 2.24) is 9.88 Å². The van der Waals surface area contributed by atoms with E-state index in [0.717, 1.165) is 59.5 Å². The van der Waals surface area contributed by atoms with E-state index < -0.39 is 0 Å². The van der Waals surface area contributed by atoms with Crippen LogP contribution in [0.1, 0.15) is 27.2 Å². The predicted octanol–water partition coefficient (Wildman–Crippen LogP) is 4.34. The van der Waals surface area contributed by atoms with Crippen molar-refractivity contribution in [3.8, 4) is 0 Å². The van der Waals surface area contributed by atoms with Crippen molar-refractivity contribution >= 4 is 43.9 Å². The van der Waals surface area contributed by atoms with Gasteiger partial charge in [0.05, 0.1) is 28.3 Å². The molecule has 1 aromatic carbocycles. The molecule has 1 fully saturated rings. The second-order valence-electron chi connectivity index (χ2n) is 7.09. The number of hydrogen-bond donors (Lipinski definition) is 0. The van der Waals surface area contributed by atoms with E-state index >= 15 is 0 Å². The summed E-state index contributed by atoms with van der Waals surface area (Å²) in [7, 11) is 0. The minimum absolute atomic E-state index is 0.0467.